The molecule has 2 fully saturated rings. The van der Waals surface area contributed by atoms with Gasteiger partial charge in [0.25, 0.3) is 0 Å². The van der Waals surface area contributed by atoms with E-state index in [1.54, 1.807) is 0 Å². The Kier molecular flexibility index (Phi) is 7.01. The number of likely N-dealkylation sites (tertiary alicyclic amines) is 1. The summed E-state index contributed by atoms with van der Waals surface area (Å²) in [4.78, 5) is 13.0. The topological polar surface area (TPSA) is 98.0 Å². The number of hydrogen-bond acceptors (Lipinski definition) is 8. The van der Waals surface area contributed by atoms with Crippen molar-refractivity contribution >= 4 is 28.7 Å². The van der Waals surface area contributed by atoms with E-state index >= 15 is 0 Å². The SMILES string of the molecule is Cc1nc(C2CCN(C3=NC4=C(C(NC5CCOCC5)N3)[S+]([O-])CC4)CC2)oc1-c1ccc(Cl)cc1. The normalized spacial score (nSPS) is 25.6. The number of nitrogens with zero attached hydrogens (tertiary/aromatic N) is 3. The van der Waals surface area contributed by atoms with E-state index in [1.165, 1.54) is 0 Å². The van der Waals surface area contributed by atoms with E-state index in [4.69, 9.17) is 30.7 Å². The van der Waals surface area contributed by atoms with Crippen LogP contribution in [0.5, 0.6) is 0 Å². The molecule has 4 aliphatic rings. The summed E-state index contributed by atoms with van der Waals surface area (Å²) in [7, 11) is 0. The lowest BCUT2D eigenvalue weighted by Crippen LogP contribution is -2.58. The number of aliphatic imine (C=N–C) groups is 1. The average molecular weight is 530 g/mol. The molecule has 0 spiro atoms. The highest BCUT2D eigenvalue weighted by molar-refractivity contribution is 7.95. The van der Waals surface area contributed by atoms with Crippen LogP contribution in [0.4, 0.5) is 0 Å². The number of hydrogen-bond donors (Lipinski definition) is 2. The first kappa shape index (κ1) is 24.3. The second kappa shape index (κ2) is 10.4. The lowest BCUT2D eigenvalue weighted by atomic mass is 9.97. The van der Waals surface area contributed by atoms with Crippen molar-refractivity contribution in [3.63, 3.8) is 0 Å². The molecule has 2 N–H and O–H groups in total. The molecule has 2 saturated heterocycles. The van der Waals surface area contributed by atoms with Gasteiger partial charge in [0.05, 0.1) is 5.69 Å². The van der Waals surface area contributed by atoms with Crippen molar-refractivity contribution in [3.8, 4) is 11.3 Å². The smallest absolute Gasteiger partial charge is 0.200 e. The number of aryl methyl sites for hydroxylation is 1. The van der Waals surface area contributed by atoms with Gasteiger partial charge in [-0.05, 0) is 68.0 Å². The number of nitrogens with one attached hydrogen (secondary N) is 2. The third-order valence-corrected chi connectivity index (χ3v) is 9.31. The molecule has 0 amide bonds. The predicted molar refractivity (Wildman–Crippen MR) is 141 cm³/mol. The highest BCUT2D eigenvalue weighted by Crippen LogP contribution is 2.35. The van der Waals surface area contributed by atoms with Crippen LogP contribution in [-0.2, 0) is 15.9 Å². The molecule has 2 unspecified atom stereocenters. The summed E-state index contributed by atoms with van der Waals surface area (Å²) in [6.07, 6.45) is 4.47. The third-order valence-electron chi connectivity index (χ3n) is 7.52. The molecular formula is C26H32ClN5O3S. The maximum Gasteiger partial charge on any atom is 0.200 e. The molecule has 6 rings (SSSR count). The van der Waals surface area contributed by atoms with Crippen molar-refractivity contribution in [3.05, 3.63) is 51.5 Å². The largest absolute Gasteiger partial charge is 0.612 e. The number of ether oxygens (including phenoxy) is 1. The van der Waals surface area contributed by atoms with Crippen LogP contribution in [0, 0.1) is 6.92 Å². The molecule has 192 valence electrons. The van der Waals surface area contributed by atoms with Crippen LogP contribution in [-0.4, -0.2) is 64.7 Å². The zero-order valence-corrected chi connectivity index (χ0v) is 22.0. The summed E-state index contributed by atoms with van der Waals surface area (Å²) >= 11 is 5.07. The van der Waals surface area contributed by atoms with Crippen molar-refractivity contribution in [2.24, 2.45) is 4.99 Å². The van der Waals surface area contributed by atoms with Gasteiger partial charge in [-0.2, -0.15) is 0 Å². The maximum absolute atomic E-state index is 12.7. The quantitative estimate of drug-likeness (QED) is 0.579. The first-order valence-corrected chi connectivity index (χ1v) is 14.5. The van der Waals surface area contributed by atoms with Gasteiger partial charge in [-0.1, -0.05) is 11.6 Å². The first-order chi connectivity index (χ1) is 17.5. The Labute approximate surface area is 219 Å². The summed E-state index contributed by atoms with van der Waals surface area (Å²) in [5.41, 5.74) is 2.89. The number of aromatic nitrogens is 1. The average Bonchev–Trinajstić information content (AvgIpc) is 3.48. The van der Waals surface area contributed by atoms with Crippen LogP contribution in [0.2, 0.25) is 5.02 Å². The second-order valence-corrected chi connectivity index (χ2v) is 11.9. The van der Waals surface area contributed by atoms with Gasteiger partial charge in [0.15, 0.2) is 22.7 Å². The van der Waals surface area contributed by atoms with Crippen molar-refractivity contribution in [2.45, 2.75) is 57.2 Å². The fourth-order valence-corrected chi connectivity index (χ4v) is 7.02. The molecule has 1 aromatic heterocycles. The molecule has 36 heavy (non-hydrogen) atoms. The molecule has 10 heteroatoms. The van der Waals surface area contributed by atoms with Crippen LogP contribution in [0.3, 0.4) is 0 Å². The summed E-state index contributed by atoms with van der Waals surface area (Å²) in [6.45, 7) is 5.27. The minimum atomic E-state index is -0.972. The number of allylic oxidation sites excluding steroid dienone is 1. The molecule has 0 aliphatic carbocycles. The van der Waals surface area contributed by atoms with Gasteiger partial charge in [0.1, 0.15) is 11.4 Å². The molecule has 2 atom stereocenters. The first-order valence-electron chi connectivity index (χ1n) is 12.8. The monoisotopic (exact) mass is 529 g/mol. The maximum atomic E-state index is 12.7. The van der Waals surface area contributed by atoms with Crippen LogP contribution < -0.4 is 10.6 Å². The molecule has 0 radical (unpaired) electrons. The van der Waals surface area contributed by atoms with Crippen molar-refractivity contribution in [2.75, 3.05) is 32.1 Å². The molecule has 1 aromatic carbocycles. The minimum Gasteiger partial charge on any atom is -0.612 e. The number of piperidine rings is 1. The van der Waals surface area contributed by atoms with Crippen LogP contribution in [0.15, 0.2) is 44.3 Å². The van der Waals surface area contributed by atoms with Gasteiger partial charge in [-0.3, -0.25) is 5.32 Å². The summed E-state index contributed by atoms with van der Waals surface area (Å²) in [6, 6.07) is 8.05. The van der Waals surface area contributed by atoms with Crippen LogP contribution >= 0.6 is 11.6 Å². The number of halogens is 1. The highest BCUT2D eigenvalue weighted by atomic mass is 35.5. The summed E-state index contributed by atoms with van der Waals surface area (Å²) in [5, 5.41) is 8.01. The Hall–Kier alpha value is -2.04. The molecule has 8 nitrogen and oxygen atoms in total. The Morgan fingerprint density at radius 3 is 2.64 bits per heavy atom. The third kappa shape index (κ3) is 4.91. The van der Waals surface area contributed by atoms with E-state index in [0.29, 0.717) is 16.8 Å². The van der Waals surface area contributed by atoms with Gasteiger partial charge in [-0.15, -0.1) is 0 Å². The van der Waals surface area contributed by atoms with E-state index in [9.17, 15) is 4.55 Å². The van der Waals surface area contributed by atoms with E-state index < -0.39 is 11.2 Å². The van der Waals surface area contributed by atoms with Crippen molar-refractivity contribution in [1.29, 1.82) is 0 Å². The highest BCUT2D eigenvalue weighted by Gasteiger charge is 2.41. The minimum absolute atomic E-state index is 0.131. The van der Waals surface area contributed by atoms with Gasteiger partial charge < -0.3 is 23.9 Å². The molecular weight excluding hydrogens is 498 g/mol. The van der Waals surface area contributed by atoms with E-state index in [1.807, 2.05) is 31.2 Å². The summed E-state index contributed by atoms with van der Waals surface area (Å²) in [5.74, 6) is 3.46. The molecule has 4 aliphatic heterocycles. The fourth-order valence-electron chi connectivity index (χ4n) is 5.50. The predicted octanol–water partition coefficient (Wildman–Crippen LogP) is 3.90. The number of guanidine groups is 1. The van der Waals surface area contributed by atoms with Gasteiger partial charge in [-0.25, -0.2) is 9.98 Å². The molecule has 0 saturated carbocycles. The zero-order chi connectivity index (χ0) is 24.6. The Morgan fingerprint density at radius 1 is 1.14 bits per heavy atom. The van der Waals surface area contributed by atoms with Crippen molar-refractivity contribution < 1.29 is 13.7 Å². The van der Waals surface area contributed by atoms with Gasteiger partial charge in [0.2, 0.25) is 5.96 Å². The van der Waals surface area contributed by atoms with E-state index in [2.05, 4.69) is 15.5 Å². The second-order valence-electron chi connectivity index (χ2n) is 9.91. The van der Waals surface area contributed by atoms with Gasteiger partial charge in [0, 0.05) is 55.3 Å². The van der Waals surface area contributed by atoms with E-state index in [-0.39, 0.29) is 12.1 Å². The number of rotatable bonds is 4. The number of benzene rings is 1. The molecule has 0 bridgehead atoms. The van der Waals surface area contributed by atoms with Crippen LogP contribution in [0.25, 0.3) is 11.3 Å². The Morgan fingerprint density at radius 2 is 1.89 bits per heavy atom. The van der Waals surface area contributed by atoms with Crippen LogP contribution in [0.1, 0.15) is 49.6 Å². The molecule has 2 aromatic rings. The standard InChI is InChI=1S/C26H32ClN5O3S/c1-16-22(17-2-4-19(27)5-3-17)35-25(28-16)18-6-11-32(12-7-18)26-30-21-10-15-36(33)23(21)24(31-26)29-20-8-13-34-14-9-20/h2-5,18,20,24,29H,6-15H2,1H3,(H,30,31). The lowest BCUT2D eigenvalue weighted by Gasteiger charge is -2.38. The number of oxazole rings is 1. The Bertz CT molecular complexity index is 1150. The Balaban J connectivity index is 1.13. The lowest BCUT2D eigenvalue weighted by molar-refractivity contribution is 0.0755. The zero-order valence-electron chi connectivity index (χ0n) is 20.5. The van der Waals surface area contributed by atoms with E-state index in [0.717, 1.165) is 97.9 Å². The van der Waals surface area contributed by atoms with Crippen molar-refractivity contribution in [1.82, 2.24) is 20.5 Å². The van der Waals surface area contributed by atoms with Gasteiger partial charge >= 0.3 is 0 Å². The fraction of sp³-hybridized carbons (Fsp3) is 0.538. The summed E-state index contributed by atoms with van der Waals surface area (Å²) < 4.78 is 24.5. The molecule has 5 heterocycles.